The molecule has 0 saturated carbocycles. The molecule has 0 aliphatic rings. The van der Waals surface area contributed by atoms with Crippen LogP contribution in [0.5, 0.6) is 0 Å². The number of halogens is 1. The number of carbonyl (C=O) groups is 2. The second-order valence-electron chi connectivity index (χ2n) is 6.65. The van der Waals surface area contributed by atoms with Crippen LogP contribution in [0.1, 0.15) is 41.3 Å². The maximum Gasteiger partial charge on any atom is 0.251 e. The van der Waals surface area contributed by atoms with Gasteiger partial charge in [0.1, 0.15) is 0 Å². The van der Waals surface area contributed by atoms with Gasteiger partial charge in [-0.05, 0) is 55.3 Å². The number of H-pyrrole nitrogens is 1. The first-order valence-electron chi connectivity index (χ1n) is 9.13. The first-order chi connectivity index (χ1) is 13.4. The summed E-state index contributed by atoms with van der Waals surface area (Å²) in [6, 6.07) is 12.0. The van der Waals surface area contributed by atoms with E-state index in [1.807, 2.05) is 19.9 Å². The number of Topliss-reactive ketones (excluding diaryl/α,β-unsaturated/α-hetero) is 1. The molecule has 1 heterocycles. The van der Waals surface area contributed by atoms with E-state index in [4.69, 9.17) is 11.6 Å². The van der Waals surface area contributed by atoms with Gasteiger partial charge in [-0.2, -0.15) is 0 Å². The molecule has 2 aromatic carbocycles. The summed E-state index contributed by atoms with van der Waals surface area (Å²) in [5, 5.41) is 4.29. The molecule has 0 bridgehead atoms. The predicted molar refractivity (Wildman–Crippen MR) is 112 cm³/mol. The third-order valence-corrected chi connectivity index (χ3v) is 5.03. The Balaban J connectivity index is 1.68. The molecule has 3 rings (SSSR count). The maximum absolute atomic E-state index is 12.2. The monoisotopic (exact) mass is 396 g/mol. The van der Waals surface area contributed by atoms with E-state index in [1.165, 1.54) is 0 Å². The molecule has 3 aromatic rings. The zero-order chi connectivity index (χ0) is 20.3. The minimum absolute atomic E-state index is 0.0732. The van der Waals surface area contributed by atoms with Gasteiger partial charge in [0.05, 0.1) is 5.52 Å². The second-order valence-corrected chi connectivity index (χ2v) is 7.09. The molecule has 0 fully saturated rings. The molecule has 0 aliphatic carbocycles. The molecule has 0 atom stereocenters. The number of hydrogen-bond donors (Lipinski definition) is 2. The number of ketones is 1. The van der Waals surface area contributed by atoms with Crippen LogP contribution in [0.25, 0.3) is 10.9 Å². The second kappa shape index (κ2) is 8.40. The van der Waals surface area contributed by atoms with E-state index in [0.717, 1.165) is 16.5 Å². The molecule has 28 heavy (non-hydrogen) atoms. The summed E-state index contributed by atoms with van der Waals surface area (Å²) in [6.45, 7) is 3.88. The van der Waals surface area contributed by atoms with Gasteiger partial charge in [0.25, 0.3) is 5.56 Å². The number of aryl methyl sites for hydroxylation is 1. The normalized spacial score (nSPS) is 10.8. The molecule has 144 valence electrons. The number of benzene rings is 2. The van der Waals surface area contributed by atoms with Crippen LogP contribution in [0, 0.1) is 6.92 Å². The Labute approximate surface area is 167 Å². The van der Waals surface area contributed by atoms with Crippen molar-refractivity contribution < 1.29 is 9.59 Å². The first kappa shape index (κ1) is 19.8. The number of hydrogen-bond acceptors (Lipinski definition) is 3. The van der Waals surface area contributed by atoms with Crippen molar-refractivity contribution in [2.24, 2.45) is 0 Å². The SMILES string of the molecule is CCc1c(C)c2ccc(NC(=O)CCC(=O)c3ccc(Cl)cc3)cc2[nH]c1=O. The van der Waals surface area contributed by atoms with E-state index >= 15 is 0 Å². The van der Waals surface area contributed by atoms with Crippen molar-refractivity contribution in [3.05, 3.63) is 74.5 Å². The van der Waals surface area contributed by atoms with Gasteiger partial charge in [-0.15, -0.1) is 0 Å². The molecule has 1 aromatic heterocycles. The van der Waals surface area contributed by atoms with Crippen LogP contribution in [-0.4, -0.2) is 16.7 Å². The average molecular weight is 397 g/mol. The van der Waals surface area contributed by atoms with Crippen molar-refractivity contribution in [1.29, 1.82) is 0 Å². The topological polar surface area (TPSA) is 79.0 Å². The third-order valence-electron chi connectivity index (χ3n) is 4.78. The van der Waals surface area contributed by atoms with Gasteiger partial charge in [0.15, 0.2) is 5.78 Å². The fourth-order valence-electron chi connectivity index (χ4n) is 3.24. The Morgan fingerprint density at radius 1 is 1.07 bits per heavy atom. The summed E-state index contributed by atoms with van der Waals surface area (Å²) in [5.74, 6) is -0.372. The van der Waals surface area contributed by atoms with Crippen molar-refractivity contribution in [2.75, 3.05) is 5.32 Å². The number of aromatic nitrogens is 1. The summed E-state index contributed by atoms with van der Waals surface area (Å²) in [6.07, 6.45) is 0.845. The van der Waals surface area contributed by atoms with Crippen LogP contribution in [0.3, 0.4) is 0 Å². The molecular weight excluding hydrogens is 376 g/mol. The number of pyridine rings is 1. The van der Waals surface area contributed by atoms with E-state index in [9.17, 15) is 14.4 Å². The fraction of sp³-hybridized carbons (Fsp3) is 0.227. The summed E-state index contributed by atoms with van der Waals surface area (Å²) in [5.41, 5.74) is 3.40. The molecule has 6 heteroatoms. The molecule has 0 aliphatic heterocycles. The van der Waals surface area contributed by atoms with Crippen LogP contribution >= 0.6 is 11.6 Å². The lowest BCUT2D eigenvalue weighted by Gasteiger charge is -2.10. The van der Waals surface area contributed by atoms with Crippen LogP contribution in [-0.2, 0) is 11.2 Å². The number of amides is 1. The summed E-state index contributed by atoms with van der Waals surface area (Å²) < 4.78 is 0. The first-order valence-corrected chi connectivity index (χ1v) is 9.51. The molecule has 1 amide bonds. The number of fused-ring (bicyclic) bond motifs is 1. The minimum Gasteiger partial charge on any atom is -0.326 e. The van der Waals surface area contributed by atoms with E-state index in [2.05, 4.69) is 10.3 Å². The molecule has 0 spiro atoms. The third kappa shape index (κ3) is 4.31. The Kier molecular flexibility index (Phi) is 5.95. The van der Waals surface area contributed by atoms with Gasteiger partial charge in [0, 0.05) is 40.1 Å². The Bertz CT molecular complexity index is 1100. The van der Waals surface area contributed by atoms with Crippen LogP contribution in [0.4, 0.5) is 5.69 Å². The van der Waals surface area contributed by atoms with E-state index < -0.39 is 0 Å². The highest BCUT2D eigenvalue weighted by atomic mass is 35.5. The zero-order valence-electron chi connectivity index (χ0n) is 15.8. The number of anilines is 1. The largest absolute Gasteiger partial charge is 0.326 e. The standard InChI is InChI=1S/C22H21ClN2O3/c1-3-17-13(2)18-9-8-16(12-19(18)25-22(17)28)24-21(27)11-10-20(26)14-4-6-15(23)7-5-14/h4-9,12H,3,10-11H2,1-2H3,(H,24,27)(H,25,28). The predicted octanol–water partition coefficient (Wildman–Crippen LogP) is 4.65. The molecule has 2 N–H and O–H groups in total. The van der Waals surface area contributed by atoms with Crippen molar-refractivity contribution in [2.45, 2.75) is 33.1 Å². The molecule has 5 nitrogen and oxygen atoms in total. The summed E-state index contributed by atoms with van der Waals surface area (Å²) >= 11 is 5.81. The van der Waals surface area contributed by atoms with Gasteiger partial charge in [-0.25, -0.2) is 0 Å². The summed E-state index contributed by atoms with van der Waals surface area (Å²) in [7, 11) is 0. The van der Waals surface area contributed by atoms with Gasteiger partial charge in [-0.1, -0.05) is 24.6 Å². The number of nitrogens with one attached hydrogen (secondary N) is 2. The van der Waals surface area contributed by atoms with Crippen molar-refractivity contribution in [1.82, 2.24) is 4.98 Å². The Hall–Kier alpha value is -2.92. The highest BCUT2D eigenvalue weighted by molar-refractivity contribution is 6.30. The van der Waals surface area contributed by atoms with Crippen LogP contribution in [0.2, 0.25) is 5.02 Å². The number of rotatable bonds is 6. The molecule has 0 unspecified atom stereocenters. The molecule has 0 saturated heterocycles. The lowest BCUT2D eigenvalue weighted by atomic mass is 10.0. The van der Waals surface area contributed by atoms with E-state index in [1.54, 1.807) is 36.4 Å². The van der Waals surface area contributed by atoms with Crippen LogP contribution in [0.15, 0.2) is 47.3 Å². The van der Waals surface area contributed by atoms with E-state index in [0.29, 0.717) is 28.2 Å². The minimum atomic E-state index is -0.258. The van der Waals surface area contributed by atoms with Crippen molar-refractivity contribution >= 4 is 39.9 Å². The molecular formula is C22H21ClN2O3. The van der Waals surface area contributed by atoms with Gasteiger partial charge in [0.2, 0.25) is 5.91 Å². The van der Waals surface area contributed by atoms with Crippen LogP contribution < -0.4 is 10.9 Å². The fourth-order valence-corrected chi connectivity index (χ4v) is 3.37. The smallest absolute Gasteiger partial charge is 0.251 e. The lowest BCUT2D eigenvalue weighted by Crippen LogP contribution is -2.15. The highest BCUT2D eigenvalue weighted by Crippen LogP contribution is 2.22. The van der Waals surface area contributed by atoms with Gasteiger partial charge >= 0.3 is 0 Å². The summed E-state index contributed by atoms with van der Waals surface area (Å²) in [4.78, 5) is 39.4. The maximum atomic E-state index is 12.2. The Morgan fingerprint density at radius 3 is 2.46 bits per heavy atom. The van der Waals surface area contributed by atoms with Gasteiger partial charge < -0.3 is 10.3 Å². The highest BCUT2D eigenvalue weighted by Gasteiger charge is 2.11. The number of aromatic amines is 1. The lowest BCUT2D eigenvalue weighted by molar-refractivity contribution is -0.116. The number of carbonyl (C=O) groups excluding carboxylic acids is 2. The van der Waals surface area contributed by atoms with Crippen molar-refractivity contribution in [3.63, 3.8) is 0 Å². The van der Waals surface area contributed by atoms with Crippen molar-refractivity contribution in [3.8, 4) is 0 Å². The van der Waals surface area contributed by atoms with E-state index in [-0.39, 0.29) is 30.1 Å². The van der Waals surface area contributed by atoms with Gasteiger partial charge in [-0.3, -0.25) is 14.4 Å². The molecule has 0 radical (unpaired) electrons. The zero-order valence-corrected chi connectivity index (χ0v) is 16.5. The quantitative estimate of drug-likeness (QED) is 0.595. The average Bonchev–Trinajstić information content (AvgIpc) is 2.67. The Morgan fingerprint density at radius 2 is 1.79 bits per heavy atom.